The first kappa shape index (κ1) is 24.4. The van der Waals surface area contributed by atoms with Gasteiger partial charge in [-0.1, -0.05) is 32.6 Å². The molecule has 1 aromatic rings. The molecule has 0 aromatic heterocycles. The number of rotatable bonds is 13. The number of nitrogens with one attached hydrogen (secondary N) is 1. The fourth-order valence-electron chi connectivity index (χ4n) is 3.46. The number of nitrogens with zero attached hydrogens (tertiary/aromatic N) is 2. The number of amides is 1. The molecule has 1 atom stereocenters. The van der Waals surface area contributed by atoms with E-state index in [1.54, 1.807) is 7.11 Å². The number of unbranched alkanes of at least 4 members (excludes halogenated alkanes) is 4. The van der Waals surface area contributed by atoms with Gasteiger partial charge in [0, 0.05) is 45.5 Å². The standard InChI is InChI=1S/C23H39N3O4/c1-4-5-6-7-8-17-29-21-11-9-20(10-12-21)24-23(27)30-22(19-28-3)18-26-15-13-25(2)14-16-26/h9-12,22H,4-8,13-19H2,1-3H3,(H,24,27)/t22-/m0/s1. The predicted octanol–water partition coefficient (Wildman–Crippen LogP) is 3.85. The van der Waals surface area contributed by atoms with Crippen molar-refractivity contribution in [3.63, 3.8) is 0 Å². The van der Waals surface area contributed by atoms with Gasteiger partial charge in [-0.15, -0.1) is 0 Å². The molecule has 1 aromatic carbocycles. The van der Waals surface area contributed by atoms with Gasteiger partial charge in [-0.25, -0.2) is 4.79 Å². The molecule has 2 rings (SSSR count). The van der Waals surface area contributed by atoms with Crippen molar-refractivity contribution in [2.45, 2.75) is 45.1 Å². The summed E-state index contributed by atoms with van der Waals surface area (Å²) in [6.45, 7) is 8.00. The lowest BCUT2D eigenvalue weighted by atomic mass is 10.2. The monoisotopic (exact) mass is 421 g/mol. The van der Waals surface area contributed by atoms with Crippen LogP contribution >= 0.6 is 0 Å². The molecule has 1 saturated heterocycles. The van der Waals surface area contributed by atoms with Crippen LogP contribution < -0.4 is 10.1 Å². The zero-order valence-corrected chi connectivity index (χ0v) is 18.9. The van der Waals surface area contributed by atoms with E-state index in [-0.39, 0.29) is 6.10 Å². The summed E-state index contributed by atoms with van der Waals surface area (Å²) in [6.07, 6.45) is 5.32. The fraction of sp³-hybridized carbons (Fsp3) is 0.696. The molecule has 7 heteroatoms. The second-order valence-corrected chi connectivity index (χ2v) is 8.00. The van der Waals surface area contributed by atoms with Crippen molar-refractivity contribution in [3.8, 4) is 5.75 Å². The Bertz CT molecular complexity index is 589. The summed E-state index contributed by atoms with van der Waals surface area (Å²) >= 11 is 0. The van der Waals surface area contributed by atoms with Crippen molar-refractivity contribution in [1.29, 1.82) is 0 Å². The summed E-state index contributed by atoms with van der Waals surface area (Å²) < 4.78 is 16.6. The molecule has 170 valence electrons. The Kier molecular flexibility index (Phi) is 11.6. The van der Waals surface area contributed by atoms with E-state index in [0.29, 0.717) is 18.8 Å². The molecule has 1 N–H and O–H groups in total. The minimum Gasteiger partial charge on any atom is -0.494 e. The number of ether oxygens (including phenoxy) is 3. The Labute approximate surface area is 181 Å². The lowest BCUT2D eigenvalue weighted by Gasteiger charge is -2.34. The summed E-state index contributed by atoms with van der Waals surface area (Å²) in [5.74, 6) is 0.816. The van der Waals surface area contributed by atoms with E-state index in [2.05, 4.69) is 29.1 Å². The number of likely N-dealkylation sites (N-methyl/N-ethyl adjacent to an activating group) is 1. The van der Waals surface area contributed by atoms with E-state index in [4.69, 9.17) is 14.2 Å². The summed E-state index contributed by atoms with van der Waals surface area (Å²) in [7, 11) is 3.75. The third-order valence-corrected chi connectivity index (χ3v) is 5.30. The van der Waals surface area contributed by atoms with Gasteiger partial charge in [-0.05, 0) is 37.7 Å². The first-order valence-electron chi connectivity index (χ1n) is 11.2. The number of methoxy groups -OCH3 is 1. The number of hydrogen-bond acceptors (Lipinski definition) is 6. The highest BCUT2D eigenvalue weighted by molar-refractivity contribution is 5.84. The number of anilines is 1. The van der Waals surface area contributed by atoms with Gasteiger partial charge >= 0.3 is 6.09 Å². The third-order valence-electron chi connectivity index (χ3n) is 5.30. The SMILES string of the molecule is CCCCCCCOc1ccc(NC(=O)O[C@H](COC)CN2CCN(C)CC2)cc1. The number of carbonyl (C=O) groups is 1. The molecule has 1 aliphatic rings. The van der Waals surface area contributed by atoms with Crippen LogP contribution in [-0.4, -0.2) is 82.1 Å². The highest BCUT2D eigenvalue weighted by Crippen LogP contribution is 2.17. The summed E-state index contributed by atoms with van der Waals surface area (Å²) in [5.41, 5.74) is 0.686. The van der Waals surface area contributed by atoms with Crippen molar-refractivity contribution in [2.75, 3.05) is 65.4 Å². The van der Waals surface area contributed by atoms with E-state index >= 15 is 0 Å². The Hall–Kier alpha value is -1.83. The quantitative estimate of drug-likeness (QED) is 0.488. The fourth-order valence-corrected chi connectivity index (χ4v) is 3.46. The van der Waals surface area contributed by atoms with E-state index in [1.807, 2.05) is 24.3 Å². The number of hydrogen-bond donors (Lipinski definition) is 1. The smallest absolute Gasteiger partial charge is 0.412 e. The van der Waals surface area contributed by atoms with Crippen LogP contribution in [0.25, 0.3) is 0 Å². The van der Waals surface area contributed by atoms with E-state index < -0.39 is 6.09 Å². The van der Waals surface area contributed by atoms with Gasteiger partial charge in [0.05, 0.1) is 13.2 Å². The van der Waals surface area contributed by atoms with E-state index in [9.17, 15) is 4.79 Å². The maximum Gasteiger partial charge on any atom is 0.412 e. The van der Waals surface area contributed by atoms with Gasteiger partial charge in [0.15, 0.2) is 0 Å². The average Bonchev–Trinajstić information content (AvgIpc) is 2.73. The first-order chi connectivity index (χ1) is 14.6. The highest BCUT2D eigenvalue weighted by atomic mass is 16.6. The predicted molar refractivity (Wildman–Crippen MR) is 120 cm³/mol. The van der Waals surface area contributed by atoms with Crippen molar-refractivity contribution in [2.24, 2.45) is 0 Å². The van der Waals surface area contributed by atoms with Crippen LogP contribution in [0.4, 0.5) is 10.5 Å². The van der Waals surface area contributed by atoms with Crippen LogP contribution in [0.15, 0.2) is 24.3 Å². The van der Waals surface area contributed by atoms with Gasteiger partial charge < -0.3 is 19.1 Å². The lowest BCUT2D eigenvalue weighted by molar-refractivity contribution is 0.0157. The minimum absolute atomic E-state index is 0.297. The van der Waals surface area contributed by atoms with Gasteiger partial charge in [-0.3, -0.25) is 10.2 Å². The first-order valence-corrected chi connectivity index (χ1v) is 11.2. The number of carbonyl (C=O) groups excluding carboxylic acids is 1. The van der Waals surface area contributed by atoms with Crippen molar-refractivity contribution >= 4 is 11.8 Å². The van der Waals surface area contributed by atoms with E-state index in [1.165, 1.54) is 25.7 Å². The zero-order chi connectivity index (χ0) is 21.6. The molecule has 0 bridgehead atoms. The molecule has 1 aliphatic heterocycles. The average molecular weight is 422 g/mol. The molecule has 1 heterocycles. The highest BCUT2D eigenvalue weighted by Gasteiger charge is 2.21. The molecular formula is C23H39N3O4. The Morgan fingerprint density at radius 3 is 2.43 bits per heavy atom. The van der Waals surface area contributed by atoms with Crippen LogP contribution in [0.1, 0.15) is 39.0 Å². The van der Waals surface area contributed by atoms with Gasteiger partial charge in [0.25, 0.3) is 0 Å². The largest absolute Gasteiger partial charge is 0.494 e. The minimum atomic E-state index is -0.462. The summed E-state index contributed by atoms with van der Waals surface area (Å²) in [5, 5.41) is 2.79. The lowest BCUT2D eigenvalue weighted by Crippen LogP contribution is -2.48. The van der Waals surface area contributed by atoms with Gasteiger partial charge in [-0.2, -0.15) is 0 Å². The molecule has 0 aliphatic carbocycles. The van der Waals surface area contributed by atoms with Gasteiger partial charge in [0.2, 0.25) is 0 Å². The topological polar surface area (TPSA) is 63.3 Å². The Balaban J connectivity index is 1.71. The van der Waals surface area contributed by atoms with Crippen LogP contribution in [0.3, 0.4) is 0 Å². The molecule has 1 fully saturated rings. The Morgan fingerprint density at radius 1 is 1.07 bits per heavy atom. The molecule has 0 saturated carbocycles. The van der Waals surface area contributed by atoms with Crippen LogP contribution in [-0.2, 0) is 9.47 Å². The molecule has 0 unspecified atom stereocenters. The van der Waals surface area contributed by atoms with Crippen LogP contribution in [0.2, 0.25) is 0 Å². The maximum atomic E-state index is 12.3. The third kappa shape index (κ3) is 9.78. The van der Waals surface area contributed by atoms with E-state index in [0.717, 1.165) is 45.0 Å². The second kappa shape index (κ2) is 14.2. The molecular weight excluding hydrogens is 382 g/mol. The molecule has 1 amide bonds. The van der Waals surface area contributed by atoms with Crippen LogP contribution in [0, 0.1) is 0 Å². The number of benzene rings is 1. The molecule has 0 spiro atoms. The molecule has 0 radical (unpaired) electrons. The normalized spacial score (nSPS) is 16.2. The number of piperazine rings is 1. The summed E-state index contributed by atoms with van der Waals surface area (Å²) in [6, 6.07) is 7.41. The van der Waals surface area contributed by atoms with Gasteiger partial charge in [0.1, 0.15) is 11.9 Å². The Morgan fingerprint density at radius 2 is 1.77 bits per heavy atom. The molecule has 7 nitrogen and oxygen atoms in total. The maximum absolute atomic E-state index is 12.3. The zero-order valence-electron chi connectivity index (χ0n) is 18.9. The summed E-state index contributed by atoms with van der Waals surface area (Å²) in [4.78, 5) is 16.9. The van der Waals surface area contributed by atoms with Crippen LogP contribution in [0.5, 0.6) is 5.75 Å². The molecule has 30 heavy (non-hydrogen) atoms. The van der Waals surface area contributed by atoms with Crippen molar-refractivity contribution in [3.05, 3.63) is 24.3 Å². The van der Waals surface area contributed by atoms with Crippen molar-refractivity contribution in [1.82, 2.24) is 9.80 Å². The second-order valence-electron chi connectivity index (χ2n) is 8.00. The van der Waals surface area contributed by atoms with Crippen molar-refractivity contribution < 1.29 is 19.0 Å².